The number of fused-ring (bicyclic) bond motifs is 1. The summed E-state index contributed by atoms with van der Waals surface area (Å²) in [5.74, 6) is 2.65. The van der Waals surface area contributed by atoms with Gasteiger partial charge < -0.3 is 5.32 Å². The van der Waals surface area contributed by atoms with Crippen LogP contribution in [0.5, 0.6) is 0 Å². The van der Waals surface area contributed by atoms with Gasteiger partial charge in [0.05, 0.1) is 16.8 Å². The molecule has 4 aliphatic carbocycles. The second-order valence-corrected chi connectivity index (χ2v) is 12.0. The van der Waals surface area contributed by atoms with Crippen LogP contribution in [0.4, 0.5) is 0 Å². The van der Waals surface area contributed by atoms with Crippen molar-refractivity contribution in [1.82, 2.24) is 10.3 Å². The van der Waals surface area contributed by atoms with Crippen LogP contribution in [0.1, 0.15) is 55.8 Å². The molecule has 4 aromatic rings. The summed E-state index contributed by atoms with van der Waals surface area (Å²) in [5.41, 5.74) is 6.10. The standard InChI is InChI=1S/C34H34N2O/c1-22(34-19-23-15-24(20-34)17-25(16-23)21-34)35-33(37)30-18-32(36-31-10-6-5-9-29(30)31)28-13-11-27(12-14-28)26-7-3-2-4-8-26/h2-14,18,22-25H,15-17,19-21H2,1H3,(H,35,37). The van der Waals surface area contributed by atoms with E-state index >= 15 is 0 Å². The summed E-state index contributed by atoms with van der Waals surface area (Å²) < 4.78 is 0. The molecule has 4 bridgehead atoms. The van der Waals surface area contributed by atoms with E-state index in [-0.39, 0.29) is 17.4 Å². The molecule has 1 atom stereocenters. The molecule has 1 amide bonds. The second-order valence-electron chi connectivity index (χ2n) is 12.0. The number of hydrogen-bond acceptors (Lipinski definition) is 2. The SMILES string of the molecule is CC(NC(=O)c1cc(-c2ccc(-c3ccccc3)cc2)nc2ccccc12)C12CC3CC(CC(C3)C1)C2. The van der Waals surface area contributed by atoms with Crippen molar-refractivity contribution in [2.24, 2.45) is 23.2 Å². The van der Waals surface area contributed by atoms with E-state index in [4.69, 9.17) is 4.98 Å². The lowest BCUT2D eigenvalue weighted by molar-refractivity contribution is -0.0687. The Balaban J connectivity index is 1.20. The van der Waals surface area contributed by atoms with Crippen molar-refractivity contribution in [3.63, 3.8) is 0 Å². The van der Waals surface area contributed by atoms with E-state index in [0.29, 0.717) is 0 Å². The van der Waals surface area contributed by atoms with E-state index in [1.165, 1.54) is 49.7 Å². The van der Waals surface area contributed by atoms with Crippen LogP contribution in [-0.2, 0) is 0 Å². The smallest absolute Gasteiger partial charge is 0.252 e. The van der Waals surface area contributed by atoms with Crippen LogP contribution in [0.2, 0.25) is 0 Å². The second kappa shape index (κ2) is 8.83. The van der Waals surface area contributed by atoms with Gasteiger partial charge in [-0.3, -0.25) is 4.79 Å². The third-order valence-corrected chi connectivity index (χ3v) is 9.60. The van der Waals surface area contributed by atoms with Crippen molar-refractivity contribution in [3.8, 4) is 22.4 Å². The number of para-hydroxylation sites is 1. The van der Waals surface area contributed by atoms with Crippen LogP contribution >= 0.6 is 0 Å². The minimum atomic E-state index is 0.0315. The molecule has 1 unspecified atom stereocenters. The van der Waals surface area contributed by atoms with Gasteiger partial charge in [-0.2, -0.15) is 0 Å². The molecule has 3 heteroatoms. The highest BCUT2D eigenvalue weighted by molar-refractivity contribution is 6.07. The summed E-state index contributed by atoms with van der Waals surface area (Å²) in [6, 6.07) is 29.1. The highest BCUT2D eigenvalue weighted by Gasteiger charge is 2.53. The Bertz CT molecular complexity index is 1420. The summed E-state index contributed by atoms with van der Waals surface area (Å²) in [7, 11) is 0. The van der Waals surface area contributed by atoms with Crippen LogP contribution in [0, 0.1) is 23.2 Å². The lowest BCUT2D eigenvalue weighted by atomic mass is 9.48. The van der Waals surface area contributed by atoms with E-state index in [9.17, 15) is 4.79 Å². The van der Waals surface area contributed by atoms with Crippen molar-refractivity contribution in [2.45, 2.75) is 51.5 Å². The molecule has 0 radical (unpaired) electrons. The Morgan fingerprint density at radius 2 is 1.35 bits per heavy atom. The molecule has 8 rings (SSSR count). The number of nitrogens with one attached hydrogen (secondary N) is 1. The summed E-state index contributed by atoms with van der Waals surface area (Å²) in [5, 5.41) is 4.41. The van der Waals surface area contributed by atoms with E-state index in [1.54, 1.807) is 0 Å². The van der Waals surface area contributed by atoms with E-state index in [1.807, 2.05) is 36.4 Å². The molecule has 4 aliphatic rings. The fourth-order valence-electron chi connectivity index (χ4n) is 8.11. The summed E-state index contributed by atoms with van der Waals surface area (Å²) >= 11 is 0. The first-order valence-electron chi connectivity index (χ1n) is 13.9. The quantitative estimate of drug-likeness (QED) is 0.311. The highest BCUT2D eigenvalue weighted by atomic mass is 16.1. The molecule has 1 heterocycles. The molecule has 4 fully saturated rings. The average molecular weight is 487 g/mol. The predicted octanol–water partition coefficient (Wildman–Crippen LogP) is 7.90. The average Bonchev–Trinajstić information content (AvgIpc) is 2.92. The molecule has 4 saturated carbocycles. The van der Waals surface area contributed by atoms with Crippen LogP contribution < -0.4 is 5.32 Å². The molecule has 1 N–H and O–H groups in total. The summed E-state index contributed by atoms with van der Waals surface area (Å²) in [6.07, 6.45) is 8.12. The molecule has 0 spiro atoms. The normalized spacial score (nSPS) is 26.8. The van der Waals surface area contributed by atoms with Crippen LogP contribution in [0.15, 0.2) is 84.9 Å². The molecule has 1 aromatic heterocycles. The van der Waals surface area contributed by atoms with Crippen LogP contribution in [0.3, 0.4) is 0 Å². The fraction of sp³-hybridized carbons (Fsp3) is 0.353. The number of hydrogen-bond donors (Lipinski definition) is 1. The van der Waals surface area contributed by atoms with Crippen molar-refractivity contribution < 1.29 is 4.79 Å². The van der Waals surface area contributed by atoms with Crippen molar-refractivity contribution in [2.75, 3.05) is 0 Å². The first kappa shape index (κ1) is 22.7. The van der Waals surface area contributed by atoms with Crippen molar-refractivity contribution in [3.05, 3.63) is 90.5 Å². The Kier molecular flexibility index (Phi) is 5.42. The van der Waals surface area contributed by atoms with Gasteiger partial charge in [-0.05, 0) is 91.9 Å². The first-order chi connectivity index (χ1) is 18.1. The Labute approximate surface area is 219 Å². The van der Waals surface area contributed by atoms with Gasteiger partial charge in [0.25, 0.3) is 5.91 Å². The summed E-state index contributed by atoms with van der Waals surface area (Å²) in [4.78, 5) is 18.8. The molecule has 0 saturated heterocycles. The fourth-order valence-corrected chi connectivity index (χ4v) is 8.11. The van der Waals surface area contributed by atoms with Gasteiger partial charge in [0.2, 0.25) is 0 Å². The van der Waals surface area contributed by atoms with E-state index in [2.05, 4.69) is 60.8 Å². The maximum Gasteiger partial charge on any atom is 0.252 e. The molecular weight excluding hydrogens is 452 g/mol. The lowest BCUT2D eigenvalue weighted by Gasteiger charge is -2.59. The maximum atomic E-state index is 13.8. The van der Waals surface area contributed by atoms with Crippen molar-refractivity contribution in [1.29, 1.82) is 0 Å². The minimum absolute atomic E-state index is 0.0315. The third-order valence-electron chi connectivity index (χ3n) is 9.60. The van der Waals surface area contributed by atoms with Gasteiger partial charge in [0.15, 0.2) is 0 Å². The maximum absolute atomic E-state index is 13.8. The zero-order chi connectivity index (χ0) is 25.0. The molecular formula is C34H34N2O. The summed E-state index contributed by atoms with van der Waals surface area (Å²) in [6.45, 7) is 2.26. The Hall–Kier alpha value is -3.46. The Morgan fingerprint density at radius 3 is 2.03 bits per heavy atom. The zero-order valence-electron chi connectivity index (χ0n) is 21.5. The number of benzene rings is 3. The van der Waals surface area contributed by atoms with Gasteiger partial charge in [-0.1, -0.05) is 72.8 Å². The Morgan fingerprint density at radius 1 is 0.784 bits per heavy atom. The molecule has 0 aliphatic heterocycles. The molecule has 37 heavy (non-hydrogen) atoms. The van der Waals surface area contributed by atoms with Gasteiger partial charge in [0, 0.05) is 17.0 Å². The lowest BCUT2D eigenvalue weighted by Crippen LogP contribution is -2.55. The number of nitrogens with zero attached hydrogens (tertiary/aromatic N) is 1. The molecule has 186 valence electrons. The minimum Gasteiger partial charge on any atom is -0.349 e. The number of rotatable bonds is 5. The number of pyridine rings is 1. The number of amides is 1. The first-order valence-corrected chi connectivity index (χ1v) is 13.9. The number of carbonyl (C=O) groups excluding carboxylic acids is 1. The number of carbonyl (C=O) groups is 1. The highest BCUT2D eigenvalue weighted by Crippen LogP contribution is 2.61. The third kappa shape index (κ3) is 4.05. The van der Waals surface area contributed by atoms with Crippen LogP contribution in [-0.4, -0.2) is 16.9 Å². The van der Waals surface area contributed by atoms with E-state index < -0.39 is 0 Å². The van der Waals surface area contributed by atoms with E-state index in [0.717, 1.165) is 45.5 Å². The predicted molar refractivity (Wildman–Crippen MR) is 150 cm³/mol. The largest absolute Gasteiger partial charge is 0.349 e. The molecule has 3 aromatic carbocycles. The molecule has 3 nitrogen and oxygen atoms in total. The number of aromatic nitrogens is 1. The van der Waals surface area contributed by atoms with Gasteiger partial charge >= 0.3 is 0 Å². The monoisotopic (exact) mass is 486 g/mol. The zero-order valence-corrected chi connectivity index (χ0v) is 21.5. The van der Waals surface area contributed by atoms with Crippen LogP contribution in [0.25, 0.3) is 33.3 Å². The van der Waals surface area contributed by atoms with Gasteiger partial charge in [-0.15, -0.1) is 0 Å². The van der Waals surface area contributed by atoms with Crippen molar-refractivity contribution >= 4 is 16.8 Å². The topological polar surface area (TPSA) is 42.0 Å². The van der Waals surface area contributed by atoms with Gasteiger partial charge in [-0.25, -0.2) is 4.98 Å². The van der Waals surface area contributed by atoms with Gasteiger partial charge in [0.1, 0.15) is 0 Å².